The van der Waals surface area contributed by atoms with Gasteiger partial charge in [-0.15, -0.1) is 0 Å². The molecule has 0 spiro atoms. The van der Waals surface area contributed by atoms with E-state index in [9.17, 15) is 8.42 Å². The van der Waals surface area contributed by atoms with E-state index in [4.69, 9.17) is 4.55 Å². The lowest BCUT2D eigenvalue weighted by Gasteiger charge is -1.84. The molecule has 6 nitrogen and oxygen atoms in total. The molecule has 0 aliphatic rings. The number of aromatic nitrogens is 2. The molecule has 10 heavy (non-hydrogen) atoms. The Kier molecular flexibility index (Phi) is 2.52. The quantitative estimate of drug-likeness (QED) is 0.499. The van der Waals surface area contributed by atoms with Crippen molar-refractivity contribution >= 4 is 10.1 Å². The largest absolute Gasteiger partial charge is 0.344 e. The third kappa shape index (κ3) is 1.79. The zero-order valence-electron chi connectivity index (χ0n) is 4.98. The highest BCUT2D eigenvalue weighted by atomic mass is 32.2. The minimum Gasteiger partial charge on any atom is -0.344 e. The summed E-state index contributed by atoms with van der Waals surface area (Å²) in [5, 5.41) is -0.428. The van der Waals surface area contributed by atoms with E-state index < -0.39 is 15.3 Å². The molecule has 1 rings (SSSR count). The molecule has 1 aromatic rings. The molecule has 0 aliphatic carbocycles. The van der Waals surface area contributed by atoms with Crippen molar-refractivity contribution in [3.8, 4) is 0 Å². The molecule has 1 heterocycles. The summed E-state index contributed by atoms with van der Waals surface area (Å²) in [6.45, 7) is 0. The molecule has 0 fully saturated rings. The van der Waals surface area contributed by atoms with Crippen molar-refractivity contribution < 1.29 is 13.0 Å². The van der Waals surface area contributed by atoms with Gasteiger partial charge in [-0.3, -0.25) is 4.55 Å². The third-order valence-corrected chi connectivity index (χ3v) is 1.43. The van der Waals surface area contributed by atoms with Crippen LogP contribution >= 0.6 is 0 Å². The topological polar surface area (TPSA) is 118 Å². The summed E-state index contributed by atoms with van der Waals surface area (Å²) >= 11 is 0. The summed E-state index contributed by atoms with van der Waals surface area (Å²) in [4.78, 5) is 5.52. The minimum absolute atomic E-state index is 0. The SMILES string of the molecule is N.O=S(=O)(O)c1ncc[nH]1. The number of hydrogen-bond acceptors (Lipinski definition) is 4. The van der Waals surface area contributed by atoms with Crippen LogP contribution in [-0.2, 0) is 10.1 Å². The summed E-state index contributed by atoms with van der Waals surface area (Å²) < 4.78 is 28.6. The lowest BCUT2D eigenvalue weighted by atomic mass is 11.0. The molecule has 0 unspecified atom stereocenters. The van der Waals surface area contributed by atoms with Crippen molar-refractivity contribution in [2.45, 2.75) is 5.16 Å². The number of hydrogen-bond donors (Lipinski definition) is 3. The first-order chi connectivity index (χ1) is 4.11. The Bertz CT molecular complexity index is 276. The molecule has 1 aromatic heterocycles. The van der Waals surface area contributed by atoms with Crippen LogP contribution in [0, 0.1) is 0 Å². The van der Waals surface area contributed by atoms with Crippen molar-refractivity contribution in [3.05, 3.63) is 12.4 Å². The van der Waals surface area contributed by atoms with Crippen molar-refractivity contribution in [2.75, 3.05) is 0 Å². The van der Waals surface area contributed by atoms with E-state index in [-0.39, 0.29) is 6.15 Å². The molecule has 7 heteroatoms. The minimum atomic E-state index is -4.13. The first kappa shape index (κ1) is 9.08. The number of H-pyrrole nitrogens is 1. The zero-order chi connectivity index (χ0) is 6.91. The molecule has 0 radical (unpaired) electrons. The molecule has 0 saturated carbocycles. The van der Waals surface area contributed by atoms with E-state index in [1.54, 1.807) is 0 Å². The van der Waals surface area contributed by atoms with Crippen LogP contribution in [0.1, 0.15) is 0 Å². The van der Waals surface area contributed by atoms with E-state index in [1.165, 1.54) is 12.4 Å². The Labute approximate surface area is 57.6 Å². The van der Waals surface area contributed by atoms with E-state index in [1.807, 2.05) is 0 Å². The van der Waals surface area contributed by atoms with Crippen molar-refractivity contribution in [3.63, 3.8) is 0 Å². The van der Waals surface area contributed by atoms with Crippen LogP contribution in [-0.4, -0.2) is 22.9 Å². The van der Waals surface area contributed by atoms with Crippen LogP contribution < -0.4 is 6.15 Å². The molecule has 0 aromatic carbocycles. The molecule has 58 valence electrons. The van der Waals surface area contributed by atoms with E-state index in [0.717, 1.165) is 0 Å². The Balaban J connectivity index is 0.000000810. The monoisotopic (exact) mass is 165 g/mol. The number of nitrogens with one attached hydrogen (secondary N) is 1. The fourth-order valence-corrected chi connectivity index (χ4v) is 0.803. The van der Waals surface area contributed by atoms with Crippen LogP contribution in [0.25, 0.3) is 0 Å². The Morgan fingerprint density at radius 2 is 2.20 bits per heavy atom. The summed E-state index contributed by atoms with van der Waals surface area (Å²) in [6, 6.07) is 0. The van der Waals surface area contributed by atoms with Gasteiger partial charge in [0.15, 0.2) is 0 Å². The highest BCUT2D eigenvalue weighted by Crippen LogP contribution is 1.96. The molecule has 0 atom stereocenters. The first-order valence-electron chi connectivity index (χ1n) is 2.07. The van der Waals surface area contributed by atoms with Gasteiger partial charge in [0.1, 0.15) is 0 Å². The molecule has 0 amide bonds. The smallest absolute Gasteiger partial charge is 0.328 e. The molecular weight excluding hydrogens is 158 g/mol. The highest BCUT2D eigenvalue weighted by molar-refractivity contribution is 7.85. The second-order valence-electron chi connectivity index (χ2n) is 1.37. The number of imidazole rings is 1. The molecule has 5 N–H and O–H groups in total. The summed E-state index contributed by atoms with van der Waals surface area (Å²) in [5.74, 6) is 0. The van der Waals surface area contributed by atoms with Gasteiger partial charge >= 0.3 is 10.1 Å². The lowest BCUT2D eigenvalue weighted by molar-refractivity contribution is 0.475. The predicted molar refractivity (Wildman–Crippen MR) is 33.4 cm³/mol. The van der Waals surface area contributed by atoms with Crippen LogP contribution in [0.2, 0.25) is 0 Å². The van der Waals surface area contributed by atoms with Gasteiger partial charge in [-0.25, -0.2) is 4.98 Å². The van der Waals surface area contributed by atoms with E-state index >= 15 is 0 Å². The average molecular weight is 165 g/mol. The Hall–Kier alpha value is -0.920. The normalized spacial score (nSPS) is 10.5. The van der Waals surface area contributed by atoms with Crippen molar-refractivity contribution in [1.82, 2.24) is 16.1 Å². The van der Waals surface area contributed by atoms with Crippen molar-refractivity contribution in [2.24, 2.45) is 0 Å². The summed E-state index contributed by atoms with van der Waals surface area (Å²) in [5.41, 5.74) is 0. The second-order valence-corrected chi connectivity index (χ2v) is 2.71. The van der Waals surface area contributed by atoms with Gasteiger partial charge in [-0.2, -0.15) is 8.42 Å². The van der Waals surface area contributed by atoms with E-state index in [0.29, 0.717) is 0 Å². The van der Waals surface area contributed by atoms with Gasteiger partial charge in [-0.1, -0.05) is 0 Å². The molecule has 0 bridgehead atoms. The molecule has 0 saturated heterocycles. The van der Waals surface area contributed by atoms with Gasteiger partial charge in [0.2, 0.25) is 0 Å². The maximum atomic E-state index is 10.2. The Morgan fingerprint density at radius 1 is 1.60 bits per heavy atom. The number of rotatable bonds is 1. The maximum Gasteiger partial charge on any atom is 0.328 e. The van der Waals surface area contributed by atoms with Gasteiger partial charge in [0.25, 0.3) is 5.16 Å². The third-order valence-electron chi connectivity index (χ3n) is 0.717. The Morgan fingerprint density at radius 3 is 2.40 bits per heavy atom. The summed E-state index contributed by atoms with van der Waals surface area (Å²) in [6.07, 6.45) is 2.55. The fourth-order valence-electron chi connectivity index (χ4n) is 0.392. The highest BCUT2D eigenvalue weighted by Gasteiger charge is 2.09. The van der Waals surface area contributed by atoms with Gasteiger partial charge in [0, 0.05) is 12.4 Å². The van der Waals surface area contributed by atoms with Crippen LogP contribution in [0.5, 0.6) is 0 Å². The fraction of sp³-hybridized carbons (Fsp3) is 0. The maximum absolute atomic E-state index is 10.2. The van der Waals surface area contributed by atoms with Gasteiger partial charge < -0.3 is 11.1 Å². The van der Waals surface area contributed by atoms with Gasteiger partial charge in [-0.05, 0) is 0 Å². The van der Waals surface area contributed by atoms with E-state index in [2.05, 4.69) is 9.97 Å². The van der Waals surface area contributed by atoms with Crippen LogP contribution in [0.4, 0.5) is 0 Å². The van der Waals surface area contributed by atoms with Crippen LogP contribution in [0.15, 0.2) is 17.6 Å². The number of nitrogens with zero attached hydrogens (tertiary/aromatic N) is 1. The predicted octanol–water partition coefficient (Wildman–Crippen LogP) is -0.182. The first-order valence-corrected chi connectivity index (χ1v) is 3.51. The average Bonchev–Trinajstić information content (AvgIpc) is 2.08. The second kappa shape index (κ2) is 2.78. The standard InChI is InChI=1S/C3H4N2O3S.H3N/c6-9(7,8)3-4-1-2-5-3;/h1-2H,(H,4,5)(H,6,7,8);1H3. The zero-order valence-corrected chi connectivity index (χ0v) is 5.80. The molecule has 0 aliphatic heterocycles. The van der Waals surface area contributed by atoms with Crippen molar-refractivity contribution in [1.29, 1.82) is 0 Å². The molecular formula is C3H7N3O3S. The summed E-state index contributed by atoms with van der Waals surface area (Å²) in [7, 11) is -4.13. The number of aromatic amines is 1. The lowest BCUT2D eigenvalue weighted by Crippen LogP contribution is -1.99. The van der Waals surface area contributed by atoms with Crippen LogP contribution in [0.3, 0.4) is 0 Å². The van der Waals surface area contributed by atoms with Gasteiger partial charge in [0.05, 0.1) is 0 Å².